The Balaban J connectivity index is 0.00000288. The summed E-state index contributed by atoms with van der Waals surface area (Å²) in [5, 5.41) is 8.24. The molecule has 0 aliphatic carbocycles. The Morgan fingerprint density at radius 1 is 1.29 bits per heavy atom. The van der Waals surface area contributed by atoms with Crippen molar-refractivity contribution in [3.8, 4) is 0 Å². The number of carbonyl (C=O) groups is 1. The highest BCUT2D eigenvalue weighted by molar-refractivity contribution is 6.05. The zero-order valence-corrected chi connectivity index (χ0v) is 15.3. The number of carbonyl (C=O) groups excluding carboxylic acids is 1. The molecule has 0 fully saturated rings. The summed E-state index contributed by atoms with van der Waals surface area (Å²) in [5.74, 6) is -0.0769. The first-order valence-electron chi connectivity index (χ1n) is 7.77. The Labute approximate surface area is 147 Å². The van der Waals surface area contributed by atoms with E-state index in [1.165, 1.54) is 4.68 Å². The maximum atomic E-state index is 12.6. The number of hydrogen-bond acceptors (Lipinski definition) is 4. The van der Waals surface area contributed by atoms with E-state index in [4.69, 9.17) is 5.73 Å². The van der Waals surface area contributed by atoms with Gasteiger partial charge in [0.05, 0.1) is 5.39 Å². The highest BCUT2D eigenvalue weighted by Crippen LogP contribution is 2.14. The quantitative estimate of drug-likeness (QED) is 0.860. The normalized spacial score (nSPS) is 11.4. The predicted molar refractivity (Wildman–Crippen MR) is 98.7 cm³/mol. The van der Waals surface area contributed by atoms with Crippen molar-refractivity contribution in [1.29, 1.82) is 0 Å². The minimum Gasteiger partial charge on any atom is -0.344 e. The second kappa shape index (κ2) is 7.77. The zero-order chi connectivity index (χ0) is 17.2. The van der Waals surface area contributed by atoms with Crippen LogP contribution in [0.15, 0.2) is 29.1 Å². The van der Waals surface area contributed by atoms with Gasteiger partial charge in [0.2, 0.25) is 0 Å². The van der Waals surface area contributed by atoms with Crippen LogP contribution in [0.25, 0.3) is 10.8 Å². The summed E-state index contributed by atoms with van der Waals surface area (Å²) in [7, 11) is 0. The van der Waals surface area contributed by atoms with Crippen LogP contribution in [0.3, 0.4) is 0 Å². The standard InChI is InChI=1S/C17H24N4O2.ClH/c1-11(2)9-21-16(23)13-8-6-5-7-12(13)14(20-21)15(22)19-17(3,4)10-18;/h5-8,11H,9-10,18H2,1-4H3,(H,19,22);1H. The van der Waals surface area contributed by atoms with E-state index in [-0.39, 0.29) is 35.5 Å². The van der Waals surface area contributed by atoms with Crippen molar-refractivity contribution in [2.75, 3.05) is 6.54 Å². The van der Waals surface area contributed by atoms with Crippen LogP contribution in [0.5, 0.6) is 0 Å². The highest BCUT2D eigenvalue weighted by Gasteiger charge is 2.23. The molecule has 3 N–H and O–H groups in total. The van der Waals surface area contributed by atoms with Crippen LogP contribution < -0.4 is 16.6 Å². The summed E-state index contributed by atoms with van der Waals surface area (Å²) in [5.41, 5.74) is 5.21. The smallest absolute Gasteiger partial charge is 0.274 e. The van der Waals surface area contributed by atoms with Crippen molar-refractivity contribution in [2.24, 2.45) is 11.7 Å². The summed E-state index contributed by atoms with van der Waals surface area (Å²) in [6.07, 6.45) is 0. The van der Waals surface area contributed by atoms with Gasteiger partial charge < -0.3 is 11.1 Å². The van der Waals surface area contributed by atoms with Crippen LogP contribution in [-0.4, -0.2) is 27.8 Å². The molecule has 0 saturated carbocycles. The minimum atomic E-state index is -0.543. The summed E-state index contributed by atoms with van der Waals surface area (Å²) in [4.78, 5) is 25.2. The molecular weight excluding hydrogens is 328 g/mol. The average Bonchev–Trinajstić information content (AvgIpc) is 2.49. The first-order chi connectivity index (χ1) is 10.7. The second-order valence-corrected chi connectivity index (χ2v) is 6.82. The molecule has 1 aromatic carbocycles. The lowest BCUT2D eigenvalue weighted by Gasteiger charge is -2.24. The molecule has 0 atom stereocenters. The van der Waals surface area contributed by atoms with Crippen molar-refractivity contribution >= 4 is 29.1 Å². The maximum Gasteiger partial charge on any atom is 0.274 e. The van der Waals surface area contributed by atoms with Crippen molar-refractivity contribution in [2.45, 2.75) is 39.8 Å². The van der Waals surface area contributed by atoms with E-state index >= 15 is 0 Å². The zero-order valence-electron chi connectivity index (χ0n) is 14.5. The molecule has 1 aromatic heterocycles. The lowest BCUT2D eigenvalue weighted by molar-refractivity contribution is 0.0909. The predicted octanol–water partition coefficient (Wildman–Crippen LogP) is 1.94. The SMILES string of the molecule is CC(C)Cn1nc(C(=O)NC(C)(C)CN)c2ccccc2c1=O.Cl. The number of rotatable bonds is 5. The van der Waals surface area contributed by atoms with Crippen molar-refractivity contribution in [3.05, 3.63) is 40.3 Å². The van der Waals surface area contributed by atoms with Gasteiger partial charge in [-0.3, -0.25) is 9.59 Å². The van der Waals surface area contributed by atoms with Gasteiger partial charge in [0.1, 0.15) is 0 Å². The number of aromatic nitrogens is 2. The van der Waals surface area contributed by atoms with Crippen LogP contribution in [0.4, 0.5) is 0 Å². The van der Waals surface area contributed by atoms with Crippen LogP contribution in [0.1, 0.15) is 38.2 Å². The van der Waals surface area contributed by atoms with Gasteiger partial charge >= 0.3 is 0 Å². The fraction of sp³-hybridized carbons (Fsp3) is 0.471. The Hall–Kier alpha value is -1.92. The molecule has 24 heavy (non-hydrogen) atoms. The van der Waals surface area contributed by atoms with Crippen LogP contribution in [-0.2, 0) is 6.54 Å². The van der Waals surface area contributed by atoms with Gasteiger partial charge in [0.25, 0.3) is 11.5 Å². The Morgan fingerprint density at radius 2 is 1.88 bits per heavy atom. The van der Waals surface area contributed by atoms with E-state index in [2.05, 4.69) is 10.4 Å². The third kappa shape index (κ3) is 4.33. The van der Waals surface area contributed by atoms with Crippen molar-refractivity contribution < 1.29 is 4.79 Å². The van der Waals surface area contributed by atoms with Crippen LogP contribution >= 0.6 is 12.4 Å². The number of hydrogen-bond donors (Lipinski definition) is 2. The molecule has 1 amide bonds. The molecular formula is C17H25ClN4O2. The number of benzene rings is 1. The number of amides is 1. The third-order valence-electron chi connectivity index (χ3n) is 3.58. The van der Waals surface area contributed by atoms with E-state index in [0.717, 1.165) is 0 Å². The Morgan fingerprint density at radius 3 is 2.42 bits per heavy atom. The van der Waals surface area contributed by atoms with Gasteiger partial charge in [0.15, 0.2) is 5.69 Å². The molecule has 132 valence electrons. The van der Waals surface area contributed by atoms with E-state index < -0.39 is 5.54 Å². The lowest BCUT2D eigenvalue weighted by Crippen LogP contribution is -2.49. The molecule has 1 heterocycles. The number of nitrogens with two attached hydrogens (primary N) is 1. The maximum absolute atomic E-state index is 12.6. The first kappa shape index (κ1) is 20.1. The largest absolute Gasteiger partial charge is 0.344 e. The van der Waals surface area contributed by atoms with E-state index in [9.17, 15) is 9.59 Å². The summed E-state index contributed by atoms with van der Waals surface area (Å²) < 4.78 is 1.37. The van der Waals surface area contributed by atoms with Crippen molar-refractivity contribution in [3.63, 3.8) is 0 Å². The van der Waals surface area contributed by atoms with Gasteiger partial charge in [-0.1, -0.05) is 32.0 Å². The van der Waals surface area contributed by atoms with E-state index in [1.807, 2.05) is 27.7 Å². The number of halogens is 1. The molecule has 0 aliphatic rings. The molecule has 0 radical (unpaired) electrons. The van der Waals surface area contributed by atoms with Crippen LogP contribution in [0, 0.1) is 5.92 Å². The van der Waals surface area contributed by atoms with Crippen LogP contribution in [0.2, 0.25) is 0 Å². The first-order valence-corrected chi connectivity index (χ1v) is 7.77. The van der Waals surface area contributed by atoms with Gasteiger partial charge in [-0.25, -0.2) is 4.68 Å². The summed E-state index contributed by atoms with van der Waals surface area (Å²) in [6, 6.07) is 7.05. The molecule has 2 rings (SSSR count). The molecule has 0 unspecified atom stereocenters. The summed E-state index contributed by atoms with van der Waals surface area (Å²) in [6.45, 7) is 8.46. The number of fused-ring (bicyclic) bond motifs is 1. The number of nitrogens with one attached hydrogen (secondary N) is 1. The van der Waals surface area contributed by atoms with E-state index in [0.29, 0.717) is 23.9 Å². The van der Waals surface area contributed by atoms with Gasteiger partial charge in [0, 0.05) is 24.0 Å². The molecule has 7 heteroatoms. The fourth-order valence-corrected chi connectivity index (χ4v) is 2.29. The average molecular weight is 353 g/mol. The van der Waals surface area contributed by atoms with E-state index in [1.54, 1.807) is 24.3 Å². The van der Waals surface area contributed by atoms with Crippen molar-refractivity contribution in [1.82, 2.24) is 15.1 Å². The van der Waals surface area contributed by atoms with Gasteiger partial charge in [-0.15, -0.1) is 12.4 Å². The second-order valence-electron chi connectivity index (χ2n) is 6.82. The molecule has 0 aliphatic heterocycles. The minimum absolute atomic E-state index is 0. The third-order valence-corrected chi connectivity index (χ3v) is 3.58. The number of nitrogens with zero attached hydrogens (tertiary/aromatic N) is 2. The molecule has 0 spiro atoms. The van der Waals surface area contributed by atoms with Gasteiger partial charge in [-0.05, 0) is 25.8 Å². The molecule has 2 aromatic rings. The molecule has 0 bridgehead atoms. The monoisotopic (exact) mass is 352 g/mol. The Bertz CT molecular complexity index is 784. The Kier molecular flexibility index (Phi) is 6.51. The molecule has 6 nitrogen and oxygen atoms in total. The fourth-order valence-electron chi connectivity index (χ4n) is 2.29. The topological polar surface area (TPSA) is 90.0 Å². The summed E-state index contributed by atoms with van der Waals surface area (Å²) >= 11 is 0. The highest BCUT2D eigenvalue weighted by atomic mass is 35.5. The molecule has 0 saturated heterocycles. The lowest BCUT2D eigenvalue weighted by atomic mass is 10.0. The van der Waals surface area contributed by atoms with Gasteiger partial charge in [-0.2, -0.15) is 5.10 Å².